The molecule has 1 unspecified atom stereocenters. The van der Waals surface area contributed by atoms with Crippen LogP contribution in [-0.2, 0) is 25.5 Å². The van der Waals surface area contributed by atoms with E-state index in [1.807, 2.05) is 24.3 Å². The first-order chi connectivity index (χ1) is 12.7. The number of nitrogens with one attached hydrogen (secondary N) is 1. The van der Waals surface area contributed by atoms with Crippen molar-refractivity contribution in [3.05, 3.63) is 33.4 Å². The summed E-state index contributed by atoms with van der Waals surface area (Å²) >= 11 is 2.21. The van der Waals surface area contributed by atoms with Gasteiger partial charge in [-0.15, -0.1) is 0 Å². The van der Waals surface area contributed by atoms with Gasteiger partial charge in [0.1, 0.15) is 18.3 Å². The van der Waals surface area contributed by atoms with E-state index in [-0.39, 0.29) is 12.2 Å². The van der Waals surface area contributed by atoms with E-state index in [9.17, 15) is 15.0 Å². The van der Waals surface area contributed by atoms with Crippen molar-refractivity contribution in [3.8, 4) is 0 Å². The van der Waals surface area contributed by atoms with E-state index in [4.69, 9.17) is 14.2 Å². The van der Waals surface area contributed by atoms with Gasteiger partial charge >= 0.3 is 0 Å². The Hall–Kier alpha value is -0.780. The topological polar surface area (TPSA) is 97.3 Å². The van der Waals surface area contributed by atoms with Crippen molar-refractivity contribution in [2.24, 2.45) is 0 Å². The van der Waals surface area contributed by atoms with Crippen molar-refractivity contribution in [1.29, 1.82) is 0 Å². The summed E-state index contributed by atoms with van der Waals surface area (Å²) in [4.78, 5) is 12.7. The second-order valence-electron chi connectivity index (χ2n) is 7.08. The van der Waals surface area contributed by atoms with Crippen LogP contribution in [0.3, 0.4) is 0 Å². The van der Waals surface area contributed by atoms with Crippen LogP contribution in [0.4, 0.5) is 0 Å². The number of amides is 1. The Morgan fingerprint density at radius 3 is 2.26 bits per heavy atom. The summed E-state index contributed by atoms with van der Waals surface area (Å²) in [6.07, 6.45) is -6.32. The van der Waals surface area contributed by atoms with Gasteiger partial charge in [-0.3, -0.25) is 4.79 Å². The van der Waals surface area contributed by atoms with Crippen LogP contribution >= 0.6 is 22.6 Å². The molecule has 152 valence electrons. The van der Waals surface area contributed by atoms with Crippen molar-refractivity contribution in [1.82, 2.24) is 5.32 Å². The molecule has 7 nitrogen and oxygen atoms in total. The van der Waals surface area contributed by atoms with E-state index in [0.717, 1.165) is 9.13 Å². The maximum absolute atomic E-state index is 12.7. The molecule has 5 atom stereocenters. The average molecular weight is 493 g/mol. The van der Waals surface area contributed by atoms with E-state index in [2.05, 4.69) is 27.9 Å². The lowest BCUT2D eigenvalue weighted by Crippen LogP contribution is -2.63. The van der Waals surface area contributed by atoms with Gasteiger partial charge < -0.3 is 29.7 Å². The molecule has 27 heavy (non-hydrogen) atoms. The second-order valence-corrected chi connectivity index (χ2v) is 8.33. The average Bonchev–Trinajstić information content (AvgIpc) is 2.60. The summed E-state index contributed by atoms with van der Waals surface area (Å²) in [5.41, 5.74) is 0.941. The molecule has 3 N–H and O–H groups in total. The highest BCUT2D eigenvalue weighted by molar-refractivity contribution is 14.1. The number of hydrogen-bond donors (Lipinski definition) is 3. The molecule has 1 aliphatic rings. The van der Waals surface area contributed by atoms with Crippen LogP contribution in [0, 0.1) is 3.57 Å². The lowest BCUT2D eigenvalue weighted by atomic mass is 9.97. The lowest BCUT2D eigenvalue weighted by molar-refractivity contribution is -0.307. The predicted molar refractivity (Wildman–Crippen MR) is 108 cm³/mol. The summed E-state index contributed by atoms with van der Waals surface area (Å²) < 4.78 is 18.0. The molecule has 1 heterocycles. The number of rotatable bonds is 7. The molecular weight excluding hydrogens is 465 g/mol. The number of carbonyl (C=O) groups is 1. The first-order valence-corrected chi connectivity index (χ1v) is 10.1. The van der Waals surface area contributed by atoms with Crippen molar-refractivity contribution >= 4 is 28.5 Å². The number of ether oxygens (including phenoxy) is 3. The first-order valence-electron chi connectivity index (χ1n) is 9.03. The van der Waals surface area contributed by atoms with Crippen LogP contribution in [0.1, 0.15) is 33.3 Å². The number of aliphatic hydroxyl groups is 2. The van der Waals surface area contributed by atoms with Crippen LogP contribution in [-0.4, -0.2) is 59.0 Å². The van der Waals surface area contributed by atoms with Crippen molar-refractivity contribution < 1.29 is 29.2 Å². The minimum atomic E-state index is -1.31. The Morgan fingerprint density at radius 2 is 1.70 bits per heavy atom. The molecule has 0 radical (unpaired) electrons. The van der Waals surface area contributed by atoms with Crippen molar-refractivity contribution in [2.75, 3.05) is 0 Å². The zero-order valence-corrected chi connectivity index (χ0v) is 18.1. The van der Waals surface area contributed by atoms with Gasteiger partial charge in [0.2, 0.25) is 0 Å². The molecule has 1 aliphatic heterocycles. The Kier molecular flexibility index (Phi) is 8.44. The number of carbonyl (C=O) groups excluding carboxylic acids is 1. The third kappa shape index (κ3) is 6.37. The number of benzene rings is 1. The van der Waals surface area contributed by atoms with Crippen LogP contribution in [0.25, 0.3) is 0 Å². The zero-order chi connectivity index (χ0) is 20.1. The summed E-state index contributed by atoms with van der Waals surface area (Å²) in [5.74, 6) is -0.428. The largest absolute Gasteiger partial charge is 0.387 e. The van der Waals surface area contributed by atoms with Gasteiger partial charge in [-0.05, 0) is 68.0 Å². The molecule has 0 saturated carbocycles. The van der Waals surface area contributed by atoms with Gasteiger partial charge in [-0.25, -0.2) is 0 Å². The molecule has 0 spiro atoms. The highest BCUT2D eigenvalue weighted by atomic mass is 127. The van der Waals surface area contributed by atoms with Crippen molar-refractivity contribution in [2.45, 2.75) is 77.2 Å². The van der Waals surface area contributed by atoms with E-state index >= 15 is 0 Å². The molecule has 1 amide bonds. The van der Waals surface area contributed by atoms with Gasteiger partial charge in [0.25, 0.3) is 5.91 Å². The molecule has 1 fully saturated rings. The fourth-order valence-corrected chi connectivity index (χ4v) is 3.15. The SMILES string of the molecule is CC(C)O[C@@H]1OC(C(=O)NCc2ccc(I)cc2)[C@@H](OC(C)C)[C@H](O)[C@@H]1O. The summed E-state index contributed by atoms with van der Waals surface area (Å²) in [5, 5.41) is 23.6. The fraction of sp³-hybridized carbons (Fsp3) is 0.632. The van der Waals surface area contributed by atoms with Crippen LogP contribution in [0.5, 0.6) is 0 Å². The van der Waals surface area contributed by atoms with Gasteiger partial charge in [0.05, 0.1) is 12.2 Å². The fourth-order valence-electron chi connectivity index (χ4n) is 2.79. The van der Waals surface area contributed by atoms with Gasteiger partial charge in [0, 0.05) is 10.1 Å². The predicted octanol–water partition coefficient (Wildman–Crippen LogP) is 1.57. The van der Waals surface area contributed by atoms with Crippen LogP contribution < -0.4 is 5.32 Å². The van der Waals surface area contributed by atoms with Crippen LogP contribution in [0.2, 0.25) is 0 Å². The van der Waals surface area contributed by atoms with Crippen LogP contribution in [0.15, 0.2) is 24.3 Å². The summed E-state index contributed by atoms with van der Waals surface area (Å²) in [6, 6.07) is 7.76. The molecular formula is C19H28INO6. The second kappa shape index (κ2) is 10.1. The maximum atomic E-state index is 12.7. The smallest absolute Gasteiger partial charge is 0.252 e. The van der Waals surface area contributed by atoms with Gasteiger partial charge in [0.15, 0.2) is 12.4 Å². The van der Waals surface area contributed by atoms with Crippen molar-refractivity contribution in [3.63, 3.8) is 0 Å². The number of hydrogen-bond acceptors (Lipinski definition) is 6. The van der Waals surface area contributed by atoms with E-state index in [1.54, 1.807) is 27.7 Å². The molecule has 1 saturated heterocycles. The Bertz CT molecular complexity index is 609. The lowest BCUT2D eigenvalue weighted by Gasteiger charge is -2.42. The monoisotopic (exact) mass is 493 g/mol. The van der Waals surface area contributed by atoms with E-state index in [0.29, 0.717) is 6.54 Å². The minimum Gasteiger partial charge on any atom is -0.387 e. The first kappa shape index (κ1) is 22.5. The van der Waals surface area contributed by atoms with E-state index < -0.39 is 36.6 Å². The molecule has 1 aromatic carbocycles. The normalized spacial score (nSPS) is 28.6. The van der Waals surface area contributed by atoms with E-state index in [1.165, 1.54) is 0 Å². The summed E-state index contributed by atoms with van der Waals surface area (Å²) in [7, 11) is 0. The van der Waals surface area contributed by atoms with Gasteiger partial charge in [-0.1, -0.05) is 12.1 Å². The number of halogens is 1. The standard InChI is InChI=1S/C19H28INO6/c1-10(2)25-16-14(22)15(23)19(26-11(3)4)27-17(16)18(24)21-9-12-5-7-13(20)8-6-12/h5-8,10-11,14-17,19,22-23H,9H2,1-4H3,(H,21,24)/t14-,15+,16+,17?,19-/m1/s1. The quantitative estimate of drug-likeness (QED) is 0.500. The highest BCUT2D eigenvalue weighted by Crippen LogP contribution is 2.26. The Balaban J connectivity index is 2.11. The Morgan fingerprint density at radius 1 is 1.11 bits per heavy atom. The minimum absolute atomic E-state index is 0.241. The third-order valence-electron chi connectivity index (χ3n) is 4.02. The molecule has 0 bridgehead atoms. The number of aliphatic hydroxyl groups excluding tert-OH is 2. The van der Waals surface area contributed by atoms with Gasteiger partial charge in [-0.2, -0.15) is 0 Å². The summed E-state index contributed by atoms with van der Waals surface area (Å²) in [6.45, 7) is 7.46. The highest BCUT2D eigenvalue weighted by Gasteiger charge is 2.49. The molecule has 0 aliphatic carbocycles. The Labute approximate surface area is 173 Å². The molecule has 1 aromatic rings. The molecule has 0 aromatic heterocycles. The molecule has 8 heteroatoms. The third-order valence-corrected chi connectivity index (χ3v) is 4.74. The maximum Gasteiger partial charge on any atom is 0.252 e. The zero-order valence-electron chi connectivity index (χ0n) is 16.0. The molecule has 2 rings (SSSR count).